The number of nitrogens with zero attached hydrogens (tertiary/aromatic N) is 5. The monoisotopic (exact) mass is 595 g/mol. The van der Waals surface area contributed by atoms with Crippen LogP contribution in [0.4, 0.5) is 10.1 Å². The molecular weight excluding hydrogens is 561 g/mol. The van der Waals surface area contributed by atoms with E-state index in [1.54, 1.807) is 19.2 Å². The van der Waals surface area contributed by atoms with E-state index in [0.717, 1.165) is 58.7 Å². The summed E-state index contributed by atoms with van der Waals surface area (Å²) in [5.41, 5.74) is 11.8. The van der Waals surface area contributed by atoms with Gasteiger partial charge in [0.2, 0.25) is 6.41 Å². The Kier molecular flexibility index (Phi) is 7.04. The molecule has 5 aromatic rings. The van der Waals surface area contributed by atoms with Crippen LogP contribution < -0.4 is 15.8 Å². The molecule has 2 atom stereocenters. The second-order valence-electron chi connectivity index (χ2n) is 11.8. The molecule has 1 aliphatic heterocycles. The van der Waals surface area contributed by atoms with Gasteiger partial charge in [0.25, 0.3) is 5.91 Å². The minimum absolute atomic E-state index is 0.0201. The number of ether oxygens (including phenoxy) is 1. The highest BCUT2D eigenvalue weighted by molar-refractivity contribution is 6.00. The van der Waals surface area contributed by atoms with E-state index in [1.807, 2.05) is 48.0 Å². The summed E-state index contributed by atoms with van der Waals surface area (Å²) in [7, 11) is 3.50. The van der Waals surface area contributed by atoms with Crippen LogP contribution in [0, 0.1) is 5.92 Å². The highest BCUT2D eigenvalue weighted by Gasteiger charge is 2.30. The van der Waals surface area contributed by atoms with Crippen LogP contribution in [0.5, 0.6) is 5.75 Å². The average Bonchev–Trinajstić information content (AvgIpc) is 3.69. The number of para-hydroxylation sites is 1. The maximum absolute atomic E-state index is 14.3. The zero-order valence-corrected chi connectivity index (χ0v) is 24.7. The number of piperidine rings is 1. The van der Waals surface area contributed by atoms with E-state index < -0.39 is 12.2 Å². The fourth-order valence-corrected chi connectivity index (χ4v) is 6.34. The number of carbonyl (C=O) groups is 2. The zero-order chi connectivity index (χ0) is 30.5. The Hall–Kier alpha value is -4.77. The molecule has 2 amide bonds. The van der Waals surface area contributed by atoms with E-state index in [2.05, 4.69) is 16.0 Å². The quantitative estimate of drug-likeness (QED) is 0.250. The largest absolute Gasteiger partial charge is 0.494 e. The van der Waals surface area contributed by atoms with Crippen LogP contribution in [0.2, 0.25) is 0 Å². The van der Waals surface area contributed by atoms with Gasteiger partial charge < -0.3 is 29.8 Å². The number of alkyl halides is 1. The fourth-order valence-electron chi connectivity index (χ4n) is 6.34. The van der Waals surface area contributed by atoms with Crippen molar-refractivity contribution in [1.29, 1.82) is 0 Å². The lowest BCUT2D eigenvalue weighted by Gasteiger charge is -2.33. The number of likely N-dealkylation sites (tertiary alicyclic amines) is 1. The van der Waals surface area contributed by atoms with Gasteiger partial charge in [-0.1, -0.05) is 18.2 Å². The minimum atomic E-state index is -1.15. The van der Waals surface area contributed by atoms with E-state index in [9.17, 15) is 14.0 Å². The number of hydrogen-bond acceptors (Lipinski definition) is 6. The number of carbonyl (C=O) groups excluding carboxylic acids is 2. The first-order valence-electron chi connectivity index (χ1n) is 14.9. The van der Waals surface area contributed by atoms with Crippen molar-refractivity contribution in [3.05, 3.63) is 60.2 Å². The number of halogens is 1. The van der Waals surface area contributed by atoms with Gasteiger partial charge in [0.05, 0.1) is 30.6 Å². The highest BCUT2D eigenvalue weighted by atomic mass is 19.1. The van der Waals surface area contributed by atoms with Crippen molar-refractivity contribution in [3.8, 4) is 28.5 Å². The lowest BCUT2D eigenvalue weighted by molar-refractivity contribution is -0.105. The number of aryl methyl sites for hydroxylation is 1. The number of anilines is 1. The molecule has 1 saturated heterocycles. The van der Waals surface area contributed by atoms with E-state index in [-0.39, 0.29) is 18.9 Å². The molecule has 11 heteroatoms. The molecular formula is C33H34FN7O3. The summed E-state index contributed by atoms with van der Waals surface area (Å²) in [6, 6.07) is 16.7. The first-order valence-corrected chi connectivity index (χ1v) is 14.9. The summed E-state index contributed by atoms with van der Waals surface area (Å²) in [5, 5.41) is 3.75. The minimum Gasteiger partial charge on any atom is -0.494 e. The lowest BCUT2D eigenvalue weighted by atomic mass is 10.0. The first kappa shape index (κ1) is 28.0. The molecule has 44 heavy (non-hydrogen) atoms. The molecule has 3 aromatic heterocycles. The maximum Gasteiger partial charge on any atom is 0.254 e. The van der Waals surface area contributed by atoms with Crippen LogP contribution in [0.15, 0.2) is 54.6 Å². The van der Waals surface area contributed by atoms with E-state index >= 15 is 0 Å². The van der Waals surface area contributed by atoms with Gasteiger partial charge >= 0.3 is 0 Å². The van der Waals surface area contributed by atoms with E-state index in [4.69, 9.17) is 20.4 Å². The highest BCUT2D eigenvalue weighted by Crippen LogP contribution is 2.38. The van der Waals surface area contributed by atoms with Crippen molar-refractivity contribution < 1.29 is 18.7 Å². The number of rotatable bonds is 8. The van der Waals surface area contributed by atoms with Crippen LogP contribution in [-0.4, -0.2) is 68.7 Å². The number of amides is 2. The van der Waals surface area contributed by atoms with Crippen LogP contribution in [-0.2, 0) is 18.4 Å². The van der Waals surface area contributed by atoms with Crippen LogP contribution in [0.25, 0.3) is 44.8 Å². The molecule has 4 heterocycles. The molecule has 226 valence electrons. The Morgan fingerprint density at radius 2 is 1.95 bits per heavy atom. The van der Waals surface area contributed by atoms with Crippen molar-refractivity contribution in [2.75, 3.05) is 25.5 Å². The molecule has 2 aliphatic rings. The number of methoxy groups -OCH3 is 1. The second kappa shape index (κ2) is 11.1. The smallest absolute Gasteiger partial charge is 0.254 e. The molecule has 3 N–H and O–H groups in total. The Bertz CT molecular complexity index is 1900. The molecule has 2 fully saturated rings. The number of pyridine rings is 1. The van der Waals surface area contributed by atoms with Gasteiger partial charge in [-0.2, -0.15) is 0 Å². The topological polar surface area (TPSA) is 120 Å². The van der Waals surface area contributed by atoms with Gasteiger partial charge in [0.1, 0.15) is 23.1 Å². The summed E-state index contributed by atoms with van der Waals surface area (Å²) < 4.78 is 24.2. The first-order chi connectivity index (χ1) is 21.3. The van der Waals surface area contributed by atoms with Gasteiger partial charge in [0, 0.05) is 48.4 Å². The summed E-state index contributed by atoms with van der Waals surface area (Å²) in [5.74, 6) is 1.49. The van der Waals surface area contributed by atoms with E-state index in [1.165, 1.54) is 4.90 Å². The number of aromatic nitrogens is 4. The van der Waals surface area contributed by atoms with Gasteiger partial charge in [-0.15, -0.1) is 0 Å². The summed E-state index contributed by atoms with van der Waals surface area (Å²) in [6.45, 7) is 1.12. The molecule has 2 aromatic carbocycles. The van der Waals surface area contributed by atoms with Crippen molar-refractivity contribution in [2.45, 2.75) is 38.0 Å². The normalized spacial score (nSPS) is 18.6. The van der Waals surface area contributed by atoms with Gasteiger partial charge in [-0.25, -0.2) is 14.4 Å². The van der Waals surface area contributed by atoms with E-state index in [0.29, 0.717) is 41.4 Å². The molecule has 10 nitrogen and oxygen atoms in total. The Morgan fingerprint density at radius 3 is 2.70 bits per heavy atom. The standard InChI is InChI=1S/C33H34FN7O3/c1-39-30-27(11-21(13-29(30)44-2)33(43)40-16-22(34)14-23(35)17-40)38-32(39)28-12-20-9-10-26(24-5-3-4-6-25(24)36-18-42)37-31(20)41(28)15-19-7-8-19/h3-6,9-13,18-19,22-23H,7-8,14-17,35H2,1-2H3,(H,36,42)/t22-,23-/m1/s1. The molecule has 1 aliphatic carbocycles. The molecule has 0 bridgehead atoms. The predicted octanol–water partition coefficient (Wildman–Crippen LogP) is 4.76. The van der Waals surface area contributed by atoms with Gasteiger partial charge in [-0.3, -0.25) is 9.59 Å². The third-order valence-corrected chi connectivity index (χ3v) is 8.65. The fraction of sp³-hybridized carbons (Fsp3) is 0.333. The molecule has 0 unspecified atom stereocenters. The summed E-state index contributed by atoms with van der Waals surface area (Å²) >= 11 is 0. The summed E-state index contributed by atoms with van der Waals surface area (Å²) in [6.07, 6.45) is 2.10. The molecule has 1 saturated carbocycles. The third-order valence-electron chi connectivity index (χ3n) is 8.65. The number of hydrogen-bond donors (Lipinski definition) is 2. The maximum atomic E-state index is 14.3. The SMILES string of the molecule is COc1cc(C(=O)N2C[C@H](N)C[C@@H](F)C2)cc2nc(-c3cc4ccc(-c5ccccc5NC=O)nc4n3CC3CC3)n(C)c12. The number of benzene rings is 2. The Balaban J connectivity index is 1.34. The van der Waals surface area contributed by atoms with Crippen molar-refractivity contribution in [3.63, 3.8) is 0 Å². The molecule has 0 spiro atoms. The van der Waals surface area contributed by atoms with Crippen LogP contribution in [0.3, 0.4) is 0 Å². The van der Waals surface area contributed by atoms with Crippen molar-refractivity contribution in [2.24, 2.45) is 18.7 Å². The van der Waals surface area contributed by atoms with Crippen LogP contribution in [0.1, 0.15) is 29.6 Å². The van der Waals surface area contributed by atoms with Gasteiger partial charge in [-0.05, 0) is 61.6 Å². The van der Waals surface area contributed by atoms with Crippen molar-refractivity contribution in [1.82, 2.24) is 24.0 Å². The Labute approximate surface area is 253 Å². The third kappa shape index (κ3) is 4.96. The predicted molar refractivity (Wildman–Crippen MR) is 167 cm³/mol. The lowest BCUT2D eigenvalue weighted by Crippen LogP contribution is -2.50. The van der Waals surface area contributed by atoms with Crippen LogP contribution >= 0.6 is 0 Å². The molecule has 7 rings (SSSR count). The number of fused-ring (bicyclic) bond motifs is 2. The molecule has 0 radical (unpaired) electrons. The average molecular weight is 596 g/mol. The number of nitrogens with one attached hydrogen (secondary N) is 1. The number of imidazole rings is 1. The Morgan fingerprint density at radius 1 is 1.14 bits per heavy atom. The zero-order valence-electron chi connectivity index (χ0n) is 24.7. The number of nitrogens with two attached hydrogens (primary N) is 1. The van der Waals surface area contributed by atoms with Gasteiger partial charge in [0.15, 0.2) is 5.82 Å². The van der Waals surface area contributed by atoms with Crippen molar-refractivity contribution >= 4 is 40.1 Å². The second-order valence-corrected chi connectivity index (χ2v) is 11.8. The summed E-state index contributed by atoms with van der Waals surface area (Å²) in [4.78, 5) is 36.3.